The number of aryl methyl sites for hydroxylation is 3. The lowest BCUT2D eigenvalue weighted by atomic mass is 10.1. The molecule has 3 aromatic rings. The molecule has 1 aromatic carbocycles. The number of nitrogens with one attached hydrogen (secondary N) is 2. The van der Waals surface area contributed by atoms with E-state index in [1.165, 1.54) is 11.9 Å². The van der Waals surface area contributed by atoms with Crippen LogP contribution in [0.25, 0.3) is 0 Å². The Labute approximate surface area is 165 Å². The first-order valence-electron chi connectivity index (χ1n) is 9.51. The molecule has 0 bridgehead atoms. The van der Waals surface area contributed by atoms with E-state index in [9.17, 15) is 4.79 Å². The number of hydrogen-bond donors (Lipinski definition) is 2. The number of aromatic nitrogens is 5. The fraction of sp³-hybridized carbons (Fsp3) is 0.400. The van der Waals surface area contributed by atoms with Crippen LogP contribution in [0.5, 0.6) is 0 Å². The van der Waals surface area contributed by atoms with Crippen LogP contribution in [0.1, 0.15) is 49.0 Å². The highest BCUT2D eigenvalue weighted by molar-refractivity contribution is 5.88. The summed E-state index contributed by atoms with van der Waals surface area (Å²) in [6, 6.07) is 9.55. The molecule has 0 radical (unpaired) electrons. The van der Waals surface area contributed by atoms with Gasteiger partial charge in [0.05, 0.1) is 18.3 Å². The molecule has 0 saturated heterocycles. The van der Waals surface area contributed by atoms with Crippen molar-refractivity contribution in [3.05, 3.63) is 59.3 Å². The molecule has 3 rings (SSSR count). The molecule has 0 spiro atoms. The van der Waals surface area contributed by atoms with Crippen LogP contribution in [0.15, 0.2) is 36.7 Å². The summed E-state index contributed by atoms with van der Waals surface area (Å²) >= 11 is 0. The number of carbonyl (C=O) groups excluding carboxylic acids is 1. The summed E-state index contributed by atoms with van der Waals surface area (Å²) in [6.07, 6.45) is 2.47. The molecule has 0 aliphatic rings. The SMILES string of the molecule is CCCn1ncnc1[C@@H](C)NC(=O)Nc1cc(C)nn1Cc1cccc(C)c1. The highest BCUT2D eigenvalue weighted by Crippen LogP contribution is 2.15. The lowest BCUT2D eigenvalue weighted by molar-refractivity contribution is 0.248. The Morgan fingerprint density at radius 3 is 2.79 bits per heavy atom. The zero-order valence-corrected chi connectivity index (χ0v) is 16.8. The lowest BCUT2D eigenvalue weighted by Crippen LogP contribution is -2.33. The van der Waals surface area contributed by atoms with Crippen LogP contribution in [0.4, 0.5) is 10.6 Å². The number of urea groups is 1. The molecule has 148 valence electrons. The average Bonchev–Trinajstić information content (AvgIpc) is 3.22. The fourth-order valence-electron chi connectivity index (χ4n) is 3.16. The summed E-state index contributed by atoms with van der Waals surface area (Å²) in [6.45, 7) is 9.30. The van der Waals surface area contributed by atoms with Crippen LogP contribution in [-0.2, 0) is 13.1 Å². The summed E-state index contributed by atoms with van der Waals surface area (Å²) in [4.78, 5) is 16.8. The molecule has 0 unspecified atom stereocenters. The van der Waals surface area contributed by atoms with Gasteiger partial charge in [0.1, 0.15) is 18.0 Å². The van der Waals surface area contributed by atoms with E-state index in [1.54, 1.807) is 4.68 Å². The Morgan fingerprint density at radius 1 is 1.21 bits per heavy atom. The Balaban J connectivity index is 1.68. The highest BCUT2D eigenvalue weighted by atomic mass is 16.2. The zero-order chi connectivity index (χ0) is 20.1. The van der Waals surface area contributed by atoms with E-state index in [0.29, 0.717) is 12.4 Å². The van der Waals surface area contributed by atoms with Gasteiger partial charge in [0.2, 0.25) is 0 Å². The molecule has 28 heavy (non-hydrogen) atoms. The van der Waals surface area contributed by atoms with E-state index in [-0.39, 0.29) is 12.1 Å². The van der Waals surface area contributed by atoms with Crippen molar-refractivity contribution in [3.8, 4) is 0 Å². The second-order valence-corrected chi connectivity index (χ2v) is 6.98. The van der Waals surface area contributed by atoms with E-state index in [4.69, 9.17) is 0 Å². The molecule has 1 atom stereocenters. The number of benzene rings is 1. The first-order chi connectivity index (χ1) is 13.5. The maximum absolute atomic E-state index is 12.5. The third-order valence-corrected chi connectivity index (χ3v) is 4.37. The topological polar surface area (TPSA) is 89.7 Å². The molecule has 2 N–H and O–H groups in total. The Bertz CT molecular complexity index is 944. The average molecular weight is 381 g/mol. The van der Waals surface area contributed by atoms with Crippen molar-refractivity contribution in [3.63, 3.8) is 0 Å². The second-order valence-electron chi connectivity index (χ2n) is 6.98. The van der Waals surface area contributed by atoms with E-state index in [1.807, 2.05) is 30.7 Å². The van der Waals surface area contributed by atoms with E-state index < -0.39 is 0 Å². The van der Waals surface area contributed by atoms with Gasteiger partial charge in [-0.3, -0.25) is 5.32 Å². The van der Waals surface area contributed by atoms with Crippen molar-refractivity contribution in [1.29, 1.82) is 0 Å². The fourth-order valence-corrected chi connectivity index (χ4v) is 3.16. The summed E-state index contributed by atoms with van der Waals surface area (Å²) in [5.41, 5.74) is 3.17. The van der Waals surface area contributed by atoms with Gasteiger partial charge in [-0.25, -0.2) is 19.1 Å². The van der Waals surface area contributed by atoms with Crippen molar-refractivity contribution >= 4 is 11.8 Å². The molecule has 0 fully saturated rings. The van der Waals surface area contributed by atoms with Gasteiger partial charge in [0.15, 0.2) is 0 Å². The lowest BCUT2D eigenvalue weighted by Gasteiger charge is -2.15. The van der Waals surface area contributed by atoms with Crippen molar-refractivity contribution in [1.82, 2.24) is 29.9 Å². The summed E-state index contributed by atoms with van der Waals surface area (Å²) in [5.74, 6) is 1.39. The molecule has 2 heterocycles. The highest BCUT2D eigenvalue weighted by Gasteiger charge is 2.17. The van der Waals surface area contributed by atoms with Crippen LogP contribution < -0.4 is 10.6 Å². The maximum Gasteiger partial charge on any atom is 0.320 e. The van der Waals surface area contributed by atoms with Crippen LogP contribution in [0.3, 0.4) is 0 Å². The van der Waals surface area contributed by atoms with E-state index >= 15 is 0 Å². The van der Waals surface area contributed by atoms with Gasteiger partial charge >= 0.3 is 6.03 Å². The minimum Gasteiger partial charge on any atom is -0.328 e. The number of hydrogen-bond acceptors (Lipinski definition) is 4. The Kier molecular flexibility index (Phi) is 6.08. The van der Waals surface area contributed by atoms with Gasteiger partial charge in [-0.15, -0.1) is 0 Å². The molecule has 2 aromatic heterocycles. The number of amides is 2. The molecule has 8 nitrogen and oxygen atoms in total. The number of rotatable bonds is 7. The van der Waals surface area contributed by atoms with Crippen molar-refractivity contribution in [2.45, 2.75) is 53.2 Å². The van der Waals surface area contributed by atoms with Crippen LogP contribution in [-0.4, -0.2) is 30.6 Å². The Hall–Kier alpha value is -3.16. The first kappa shape index (κ1) is 19.6. The molecule has 2 amide bonds. The van der Waals surface area contributed by atoms with Gasteiger partial charge < -0.3 is 5.32 Å². The number of anilines is 1. The van der Waals surface area contributed by atoms with E-state index in [0.717, 1.165) is 30.0 Å². The minimum atomic E-state index is -0.302. The molecule has 0 aliphatic carbocycles. The minimum absolute atomic E-state index is 0.261. The molecular weight excluding hydrogens is 354 g/mol. The van der Waals surface area contributed by atoms with Gasteiger partial charge in [0, 0.05) is 12.6 Å². The normalized spacial score (nSPS) is 12.0. The van der Waals surface area contributed by atoms with Crippen LogP contribution in [0, 0.1) is 13.8 Å². The summed E-state index contributed by atoms with van der Waals surface area (Å²) in [7, 11) is 0. The van der Waals surface area contributed by atoms with E-state index in [2.05, 4.69) is 57.9 Å². The molecular formula is C20H27N7O. The smallest absolute Gasteiger partial charge is 0.320 e. The largest absolute Gasteiger partial charge is 0.328 e. The molecule has 0 saturated carbocycles. The monoisotopic (exact) mass is 381 g/mol. The summed E-state index contributed by atoms with van der Waals surface area (Å²) in [5, 5.41) is 14.5. The van der Waals surface area contributed by atoms with Gasteiger partial charge in [-0.1, -0.05) is 36.8 Å². The third-order valence-electron chi connectivity index (χ3n) is 4.37. The van der Waals surface area contributed by atoms with Gasteiger partial charge in [-0.2, -0.15) is 10.2 Å². The second kappa shape index (κ2) is 8.69. The first-order valence-corrected chi connectivity index (χ1v) is 9.51. The third kappa shape index (κ3) is 4.76. The predicted octanol–water partition coefficient (Wildman–Crippen LogP) is 3.43. The quantitative estimate of drug-likeness (QED) is 0.656. The van der Waals surface area contributed by atoms with Gasteiger partial charge in [-0.05, 0) is 32.8 Å². The van der Waals surface area contributed by atoms with Crippen molar-refractivity contribution in [2.24, 2.45) is 0 Å². The number of nitrogens with zero attached hydrogens (tertiary/aromatic N) is 5. The van der Waals surface area contributed by atoms with Crippen LogP contribution >= 0.6 is 0 Å². The Morgan fingerprint density at radius 2 is 2.04 bits per heavy atom. The molecule has 0 aliphatic heterocycles. The van der Waals surface area contributed by atoms with Crippen LogP contribution in [0.2, 0.25) is 0 Å². The van der Waals surface area contributed by atoms with Crippen molar-refractivity contribution < 1.29 is 4.79 Å². The standard InChI is InChI=1S/C20H27N7O/c1-5-9-26-19(21-13-22-26)16(4)23-20(28)24-18-11-15(3)25-27(18)12-17-8-6-7-14(2)10-17/h6-8,10-11,13,16H,5,9,12H2,1-4H3,(H2,23,24,28)/t16-/m1/s1. The van der Waals surface area contributed by atoms with Crippen molar-refractivity contribution in [2.75, 3.05) is 5.32 Å². The maximum atomic E-state index is 12.5. The zero-order valence-electron chi connectivity index (χ0n) is 16.8. The molecule has 8 heteroatoms. The number of carbonyl (C=O) groups is 1. The summed E-state index contributed by atoms with van der Waals surface area (Å²) < 4.78 is 3.62. The predicted molar refractivity (Wildman–Crippen MR) is 108 cm³/mol. The van der Waals surface area contributed by atoms with Gasteiger partial charge in [0.25, 0.3) is 0 Å².